The third-order valence-electron chi connectivity index (χ3n) is 8.95. The Kier molecular flexibility index (Phi) is 11.8. The van der Waals surface area contributed by atoms with E-state index in [0.717, 1.165) is 6.07 Å². The summed E-state index contributed by atoms with van der Waals surface area (Å²) in [5, 5.41) is 29.4. The summed E-state index contributed by atoms with van der Waals surface area (Å²) in [5.74, 6) is -0.825. The lowest BCUT2D eigenvalue weighted by atomic mass is 10.0. The predicted octanol–water partition coefficient (Wildman–Crippen LogP) is 10.4. The second-order valence-corrected chi connectivity index (χ2v) is 18.5. The molecule has 6 aromatic rings. The quantitative estimate of drug-likeness (QED) is 0.0235. The molecule has 0 aliphatic carbocycles. The number of phenols is 2. The van der Waals surface area contributed by atoms with Gasteiger partial charge in [-0.1, -0.05) is 24.3 Å². The number of phenolic OH excluding ortho intramolecular Hbond substituents is 2. The van der Waals surface area contributed by atoms with Crippen LogP contribution in [-0.2, 0) is 0 Å². The van der Waals surface area contributed by atoms with Crippen molar-refractivity contribution >= 4 is 99.2 Å². The van der Waals surface area contributed by atoms with Gasteiger partial charge in [-0.2, -0.15) is 0 Å². The third kappa shape index (κ3) is 8.53. The molecule has 0 saturated carbocycles. The smallest absolute Gasteiger partial charge is 0.153 e. The first-order valence-electron chi connectivity index (χ1n) is 16.4. The molecule has 22 nitrogen and oxygen atoms in total. The topological polar surface area (TPSA) is 403 Å². The van der Waals surface area contributed by atoms with Crippen molar-refractivity contribution in [2.24, 2.45) is 10.2 Å². The van der Waals surface area contributed by atoms with Gasteiger partial charge in [0.05, 0.1) is 67.3 Å². The van der Waals surface area contributed by atoms with Crippen molar-refractivity contribution in [2.75, 3.05) is 36.5 Å². The minimum Gasteiger partial charge on any atom is -0.505 e. The lowest BCUT2D eigenvalue weighted by Gasteiger charge is -2.28. The maximum atomic E-state index is 11.1. The third-order valence-corrected chi connectivity index (χ3v) is 12.7. The van der Waals surface area contributed by atoms with Gasteiger partial charge < -0.3 is 85.8 Å². The predicted molar refractivity (Wildman–Crippen MR) is 231 cm³/mol. The first-order valence-corrected chi connectivity index (χ1v) is 22.4. The van der Waals surface area contributed by atoms with Gasteiger partial charge in [-0.3, -0.25) is 10.9 Å². The van der Waals surface area contributed by atoms with E-state index in [-0.39, 0.29) is 50.1 Å². The van der Waals surface area contributed by atoms with Crippen LogP contribution in [0.1, 0.15) is 0 Å². The highest BCUT2D eigenvalue weighted by atomic mass is 32.3. The van der Waals surface area contributed by atoms with Gasteiger partial charge in [0, 0.05) is 10.8 Å². The number of nitrogens with two attached hydrogens (primary N) is 2. The molecule has 0 aliphatic heterocycles. The van der Waals surface area contributed by atoms with Crippen LogP contribution in [-0.4, -0.2) is 79.1 Å². The van der Waals surface area contributed by atoms with Crippen LogP contribution in [0.2, 0.25) is 0 Å². The van der Waals surface area contributed by atoms with Crippen molar-refractivity contribution in [3.63, 3.8) is 0 Å². The molecule has 0 saturated heterocycles. The van der Waals surface area contributed by atoms with Crippen molar-refractivity contribution in [1.29, 1.82) is 0 Å². The summed E-state index contributed by atoms with van der Waals surface area (Å²) >= 11 is 0. The summed E-state index contributed by atoms with van der Waals surface area (Å²) in [5.41, 5.74) is 18.1. The molecule has 0 amide bonds. The summed E-state index contributed by atoms with van der Waals surface area (Å²) in [4.78, 5) is -2.82. The molecule has 26 heteroatoms. The van der Waals surface area contributed by atoms with E-state index in [9.17, 15) is 64.8 Å². The molecule has 0 fully saturated rings. The molecule has 0 aliphatic rings. The number of hydrazine groups is 1. The molecule has 20 N–H and O–H groups in total. The number of hydrogen-bond acceptors (Lipinski definition) is 22. The number of methoxy groups -OCH3 is 2. The van der Waals surface area contributed by atoms with Crippen molar-refractivity contribution < 1.29 is 74.3 Å². The molecule has 0 atom stereocenters. The molecular formula is C34H38N6O16S4. The van der Waals surface area contributed by atoms with Gasteiger partial charge in [0.2, 0.25) is 0 Å². The van der Waals surface area contributed by atoms with E-state index in [1.807, 2.05) is 0 Å². The maximum Gasteiger partial charge on any atom is 0.153 e. The lowest BCUT2D eigenvalue weighted by molar-refractivity contribution is 0.370. The number of nitrogen functional groups attached to an aromatic ring is 2. The SMILES string of the molecule is COc1cc(-c2ccc(NNc3ccc4c(S(O)(O)O)cc(S(O)(O)O)c(N)c4c3O)c(OC)c2)ccc1N=Nc1ccc2c(S(O)(O)O)cc(S(O)(O)O)c(N)c2c1O. The van der Waals surface area contributed by atoms with Gasteiger partial charge in [0.15, 0.2) is 5.75 Å². The average molecular weight is 915 g/mol. The van der Waals surface area contributed by atoms with Crippen LogP contribution in [0.25, 0.3) is 32.7 Å². The van der Waals surface area contributed by atoms with E-state index in [0.29, 0.717) is 22.9 Å². The van der Waals surface area contributed by atoms with Crippen molar-refractivity contribution in [3.05, 3.63) is 72.8 Å². The summed E-state index contributed by atoms with van der Waals surface area (Å²) < 4.78 is 130. The number of azo groups is 1. The monoisotopic (exact) mass is 914 g/mol. The van der Waals surface area contributed by atoms with E-state index < -0.39 is 85.9 Å². The number of nitrogens with zero attached hydrogens (tertiary/aromatic N) is 2. The second-order valence-electron chi connectivity index (χ2n) is 12.6. The molecule has 6 rings (SSSR count). The van der Waals surface area contributed by atoms with Crippen LogP contribution in [0.5, 0.6) is 23.0 Å². The van der Waals surface area contributed by atoms with Crippen LogP contribution in [0.15, 0.2) is 103 Å². The average Bonchev–Trinajstić information content (AvgIpc) is 3.15. The van der Waals surface area contributed by atoms with Crippen LogP contribution >= 0.6 is 43.5 Å². The number of anilines is 4. The normalized spacial score (nSPS) is 13.8. The van der Waals surface area contributed by atoms with Gasteiger partial charge in [-0.05, 0) is 59.7 Å². The Bertz CT molecular complexity index is 2700. The summed E-state index contributed by atoms with van der Waals surface area (Å²) in [6.45, 7) is 0. The molecule has 0 heterocycles. The highest BCUT2D eigenvalue weighted by Crippen LogP contribution is 2.59. The van der Waals surface area contributed by atoms with Gasteiger partial charge in [-0.15, -0.1) is 10.2 Å². The van der Waals surface area contributed by atoms with Crippen LogP contribution < -0.4 is 31.8 Å². The Balaban J connectivity index is 1.29. The molecule has 324 valence electrons. The molecule has 0 spiro atoms. The number of nitrogens with one attached hydrogen (secondary N) is 2. The number of fused-ring (bicyclic) bond motifs is 2. The fourth-order valence-electron chi connectivity index (χ4n) is 6.17. The standard InChI is InChI=1S/C34H38N6O16S4/c1-55-23-11-15(3-7-19(23)37-39-21-9-5-17-25(57(43,44)45)13-27(59(49,50)51)31(35)29(17)33(21)41)16-4-8-20(24(12-16)56-2)38-40-22-10-6-18-26(58(46,47)48)14-28(60(52,53)54)32(36)30(18)34(22)42/h3-14,37,39,41-54H,35-36H2,1-2H3. The van der Waals surface area contributed by atoms with E-state index >= 15 is 0 Å². The Hall–Kier alpha value is -5.24. The maximum absolute atomic E-state index is 11.1. The van der Waals surface area contributed by atoms with Crippen molar-refractivity contribution in [1.82, 2.24) is 0 Å². The van der Waals surface area contributed by atoms with E-state index in [4.69, 9.17) is 20.9 Å². The summed E-state index contributed by atoms with van der Waals surface area (Å²) in [6.07, 6.45) is 0. The largest absolute Gasteiger partial charge is 0.505 e. The zero-order valence-electron chi connectivity index (χ0n) is 30.7. The molecule has 0 aromatic heterocycles. The molecule has 6 aromatic carbocycles. The number of ether oxygens (including phenoxy) is 2. The molecule has 0 unspecified atom stereocenters. The molecule has 60 heavy (non-hydrogen) atoms. The summed E-state index contributed by atoms with van der Waals surface area (Å²) in [7, 11) is -15.4. The lowest BCUT2D eigenvalue weighted by Crippen LogP contribution is -2.11. The number of rotatable bonds is 12. The Morgan fingerprint density at radius 1 is 0.467 bits per heavy atom. The number of hydrogen-bond donors (Lipinski definition) is 18. The highest BCUT2D eigenvalue weighted by molar-refractivity contribution is 8.20. The first-order chi connectivity index (χ1) is 27.9. The van der Waals surface area contributed by atoms with Crippen LogP contribution in [0.3, 0.4) is 0 Å². The number of aromatic hydroxyl groups is 2. The molecular weight excluding hydrogens is 877 g/mol. The highest BCUT2D eigenvalue weighted by Gasteiger charge is 2.31. The first kappa shape index (κ1) is 44.3. The Labute approximate surface area is 345 Å². The fourth-order valence-corrected chi connectivity index (χ4v) is 9.14. The van der Waals surface area contributed by atoms with E-state index in [1.165, 1.54) is 38.5 Å². The second kappa shape index (κ2) is 16.0. The molecule has 0 radical (unpaired) electrons. The zero-order valence-corrected chi connectivity index (χ0v) is 34.0. The van der Waals surface area contributed by atoms with E-state index in [1.54, 1.807) is 36.4 Å². The van der Waals surface area contributed by atoms with Crippen LogP contribution in [0, 0.1) is 0 Å². The zero-order chi connectivity index (χ0) is 44.3. The Morgan fingerprint density at radius 2 is 0.867 bits per heavy atom. The Morgan fingerprint density at radius 3 is 1.37 bits per heavy atom. The molecule has 0 bridgehead atoms. The van der Waals surface area contributed by atoms with Crippen LogP contribution in [0.4, 0.5) is 34.1 Å². The van der Waals surface area contributed by atoms with Gasteiger partial charge in [0.25, 0.3) is 0 Å². The minimum absolute atomic E-state index is 0.0521. The summed E-state index contributed by atoms with van der Waals surface area (Å²) in [6, 6.07) is 16.2. The minimum atomic E-state index is -4.56. The van der Waals surface area contributed by atoms with E-state index in [2.05, 4.69) is 21.1 Å². The fraction of sp³-hybridized carbons (Fsp3) is 0.0588. The van der Waals surface area contributed by atoms with Gasteiger partial charge >= 0.3 is 0 Å². The van der Waals surface area contributed by atoms with Crippen molar-refractivity contribution in [2.45, 2.75) is 19.6 Å². The number of benzene rings is 6. The van der Waals surface area contributed by atoms with Gasteiger partial charge in [0.1, 0.15) is 72.1 Å². The van der Waals surface area contributed by atoms with Crippen molar-refractivity contribution in [3.8, 4) is 34.1 Å². The van der Waals surface area contributed by atoms with Gasteiger partial charge in [-0.25, -0.2) is 0 Å².